The lowest BCUT2D eigenvalue weighted by Gasteiger charge is -2.58. The quantitative estimate of drug-likeness (QED) is 0.420. The van der Waals surface area contributed by atoms with Gasteiger partial charge < -0.3 is 19.7 Å². The molecule has 8 aliphatic rings. The molecule has 8 aliphatic carbocycles. The summed E-state index contributed by atoms with van der Waals surface area (Å²) < 4.78 is 12.5. The van der Waals surface area contributed by atoms with Crippen LogP contribution in [-0.2, 0) is 10.8 Å². The minimum Gasteiger partial charge on any atom is -0.487 e. The van der Waals surface area contributed by atoms with Gasteiger partial charge in [-0.15, -0.1) is 0 Å². The molecule has 4 nitrogen and oxygen atoms in total. The Bertz CT molecular complexity index is 1160. The number of aliphatic hydroxyl groups excluding tert-OH is 2. The largest absolute Gasteiger partial charge is 0.487 e. The van der Waals surface area contributed by atoms with Crippen molar-refractivity contribution in [3.63, 3.8) is 0 Å². The van der Waals surface area contributed by atoms with Gasteiger partial charge in [-0.3, -0.25) is 0 Å². The van der Waals surface area contributed by atoms with Crippen molar-refractivity contribution in [3.05, 3.63) is 35.4 Å². The average Bonchev–Trinajstić information content (AvgIpc) is 2.88. The molecule has 0 radical (unpaired) electrons. The van der Waals surface area contributed by atoms with Crippen LogP contribution in [0.3, 0.4) is 0 Å². The molecule has 0 heterocycles. The van der Waals surface area contributed by atoms with E-state index in [9.17, 15) is 10.2 Å². The Labute approximate surface area is 227 Å². The summed E-state index contributed by atoms with van der Waals surface area (Å²) in [6.45, 7) is 0.475. The predicted molar refractivity (Wildman–Crippen MR) is 149 cm³/mol. The first kappa shape index (κ1) is 24.1. The molecule has 8 fully saturated rings. The van der Waals surface area contributed by atoms with Crippen molar-refractivity contribution in [1.29, 1.82) is 0 Å². The van der Waals surface area contributed by atoms with Crippen molar-refractivity contribution < 1.29 is 19.7 Å². The first-order valence-corrected chi connectivity index (χ1v) is 15.7. The van der Waals surface area contributed by atoms with Gasteiger partial charge in [-0.2, -0.15) is 0 Å². The molecule has 4 heteroatoms. The maximum atomic E-state index is 9.77. The minimum atomic E-state index is -0.0212. The van der Waals surface area contributed by atoms with Gasteiger partial charge in [0.15, 0.2) is 11.5 Å². The second kappa shape index (κ2) is 8.86. The van der Waals surface area contributed by atoms with Crippen LogP contribution in [0.5, 0.6) is 11.5 Å². The van der Waals surface area contributed by atoms with Gasteiger partial charge >= 0.3 is 0 Å². The lowest BCUT2D eigenvalue weighted by atomic mass is 9.46. The first-order valence-electron chi connectivity index (χ1n) is 15.7. The Hall–Kier alpha value is -1.78. The van der Waals surface area contributed by atoms with E-state index in [0.717, 1.165) is 41.3 Å². The standard InChI is InChI=1S/C34H44O4/c35-5-7-37-30-4-1-27-28(33-15-21-9-22(16-33)11-23(10-21)17-33)2-3-29(31(27)32(30)38-8-6-36)34-18-24-12-25(19-34)14-26(13-24)20-34/h1-4,21-26,35-36H,5-20H2. The normalized spacial score (nSPS) is 40.3. The van der Waals surface area contributed by atoms with Gasteiger partial charge in [0.25, 0.3) is 0 Å². The van der Waals surface area contributed by atoms with Crippen molar-refractivity contribution in [1.82, 2.24) is 0 Å². The van der Waals surface area contributed by atoms with E-state index in [1.54, 1.807) is 5.56 Å². The summed E-state index contributed by atoms with van der Waals surface area (Å²) in [6, 6.07) is 9.50. The summed E-state index contributed by atoms with van der Waals surface area (Å²) in [7, 11) is 0. The van der Waals surface area contributed by atoms with Crippen LogP contribution >= 0.6 is 0 Å². The number of hydrogen-bond donors (Lipinski definition) is 2. The van der Waals surface area contributed by atoms with E-state index in [2.05, 4.69) is 24.3 Å². The highest BCUT2D eigenvalue weighted by Crippen LogP contribution is 2.65. The second-order valence-corrected chi connectivity index (χ2v) is 14.5. The fourth-order valence-electron chi connectivity index (χ4n) is 11.7. The summed E-state index contributed by atoms with van der Waals surface area (Å²) in [5.41, 5.74) is 3.58. The van der Waals surface area contributed by atoms with Crippen LogP contribution in [0.1, 0.15) is 88.2 Å². The van der Waals surface area contributed by atoms with E-state index in [1.165, 1.54) is 93.4 Å². The number of fused-ring (bicyclic) bond motifs is 1. The monoisotopic (exact) mass is 516 g/mol. The van der Waals surface area contributed by atoms with Crippen molar-refractivity contribution >= 4 is 10.8 Å². The molecule has 0 atom stereocenters. The average molecular weight is 517 g/mol. The Balaban J connectivity index is 1.34. The van der Waals surface area contributed by atoms with Crippen LogP contribution < -0.4 is 9.47 Å². The van der Waals surface area contributed by atoms with Crippen molar-refractivity contribution in [2.24, 2.45) is 35.5 Å². The van der Waals surface area contributed by atoms with Crippen molar-refractivity contribution in [3.8, 4) is 11.5 Å². The molecule has 0 spiro atoms. The number of benzene rings is 2. The molecule has 2 aromatic carbocycles. The fourth-order valence-corrected chi connectivity index (χ4v) is 11.7. The van der Waals surface area contributed by atoms with Crippen molar-refractivity contribution in [2.45, 2.75) is 87.9 Å². The van der Waals surface area contributed by atoms with E-state index in [4.69, 9.17) is 9.47 Å². The van der Waals surface area contributed by atoms with Crippen LogP contribution in [0.25, 0.3) is 10.8 Å². The first-order chi connectivity index (χ1) is 18.6. The Morgan fingerprint density at radius 3 is 1.53 bits per heavy atom. The van der Waals surface area contributed by atoms with Crippen LogP contribution in [0.4, 0.5) is 0 Å². The molecule has 0 saturated heterocycles. The third-order valence-corrected chi connectivity index (χ3v) is 12.0. The molecule has 10 rings (SSSR count). The zero-order chi connectivity index (χ0) is 25.5. The number of hydrogen-bond acceptors (Lipinski definition) is 4. The lowest BCUT2D eigenvalue weighted by Crippen LogP contribution is -2.49. The summed E-state index contributed by atoms with van der Waals surface area (Å²) >= 11 is 0. The third kappa shape index (κ3) is 3.61. The van der Waals surface area contributed by atoms with Gasteiger partial charge in [-0.05, 0) is 146 Å². The smallest absolute Gasteiger partial charge is 0.169 e. The molecule has 8 saturated carbocycles. The summed E-state index contributed by atoms with van der Waals surface area (Å²) in [5.74, 6) is 6.83. The van der Waals surface area contributed by atoms with Gasteiger partial charge in [0.2, 0.25) is 0 Å². The van der Waals surface area contributed by atoms with Gasteiger partial charge in [0, 0.05) is 5.39 Å². The highest BCUT2D eigenvalue weighted by atomic mass is 16.5. The van der Waals surface area contributed by atoms with Gasteiger partial charge in [-0.25, -0.2) is 0 Å². The molecular weight excluding hydrogens is 472 g/mol. The minimum absolute atomic E-state index is 0.0167. The van der Waals surface area contributed by atoms with E-state index in [1.807, 2.05) is 0 Å². The SMILES string of the molecule is OCCOc1ccc2c(C34CC5CC(CC(C5)C3)C4)ccc(C34CC5CC(CC(C5)C3)C4)c2c1OCCO. The molecule has 2 N–H and O–H groups in total. The highest BCUT2D eigenvalue weighted by molar-refractivity contribution is 5.97. The Morgan fingerprint density at radius 2 is 1.03 bits per heavy atom. The number of rotatable bonds is 8. The Kier molecular flexibility index (Phi) is 5.61. The van der Waals surface area contributed by atoms with E-state index >= 15 is 0 Å². The second-order valence-electron chi connectivity index (χ2n) is 14.5. The molecule has 2 aromatic rings. The van der Waals surface area contributed by atoms with Gasteiger partial charge in [0.05, 0.1) is 13.2 Å². The van der Waals surface area contributed by atoms with Crippen LogP contribution in [0, 0.1) is 35.5 Å². The lowest BCUT2D eigenvalue weighted by molar-refractivity contribution is -0.00594. The fraction of sp³-hybridized carbons (Fsp3) is 0.706. The van der Waals surface area contributed by atoms with Gasteiger partial charge in [-0.1, -0.05) is 18.2 Å². The molecule has 0 unspecified atom stereocenters. The van der Waals surface area contributed by atoms with Crippen LogP contribution in [0.15, 0.2) is 24.3 Å². The van der Waals surface area contributed by atoms with E-state index in [0.29, 0.717) is 11.2 Å². The maximum absolute atomic E-state index is 9.77. The molecule has 38 heavy (non-hydrogen) atoms. The molecule has 204 valence electrons. The third-order valence-electron chi connectivity index (χ3n) is 12.0. The molecule has 0 aromatic heterocycles. The zero-order valence-corrected chi connectivity index (χ0v) is 22.8. The van der Waals surface area contributed by atoms with Crippen LogP contribution in [0.2, 0.25) is 0 Å². The zero-order valence-electron chi connectivity index (χ0n) is 22.8. The van der Waals surface area contributed by atoms with Crippen LogP contribution in [-0.4, -0.2) is 36.6 Å². The topological polar surface area (TPSA) is 58.9 Å². The molecule has 8 bridgehead atoms. The summed E-state index contributed by atoms with van der Waals surface area (Å²) in [5, 5.41) is 22.0. The predicted octanol–water partition coefficient (Wildman–Crippen LogP) is 6.52. The van der Waals surface area contributed by atoms with E-state index in [-0.39, 0.29) is 31.8 Å². The van der Waals surface area contributed by atoms with Gasteiger partial charge in [0.1, 0.15) is 13.2 Å². The summed E-state index contributed by atoms with van der Waals surface area (Å²) in [6.07, 6.45) is 16.6. The Morgan fingerprint density at radius 1 is 0.579 bits per heavy atom. The molecule has 0 amide bonds. The molecular formula is C34H44O4. The number of ether oxygens (including phenoxy) is 2. The molecule has 0 aliphatic heterocycles. The van der Waals surface area contributed by atoms with Crippen molar-refractivity contribution in [2.75, 3.05) is 26.4 Å². The maximum Gasteiger partial charge on any atom is 0.169 e. The van der Waals surface area contributed by atoms with E-state index < -0.39 is 0 Å². The summed E-state index contributed by atoms with van der Waals surface area (Å²) in [4.78, 5) is 0. The highest BCUT2D eigenvalue weighted by Gasteiger charge is 2.54. The number of aliphatic hydroxyl groups is 2.